The van der Waals surface area contributed by atoms with Gasteiger partial charge in [0.2, 0.25) is 0 Å². The van der Waals surface area contributed by atoms with E-state index in [0.717, 1.165) is 25.7 Å². The highest BCUT2D eigenvalue weighted by atomic mass is 79.9. The van der Waals surface area contributed by atoms with Gasteiger partial charge < -0.3 is 15.0 Å². The fourth-order valence-electron chi connectivity index (χ4n) is 3.51. The Kier molecular flexibility index (Phi) is 5.26. The minimum absolute atomic E-state index is 0.498. The minimum Gasteiger partial charge on any atom is -0.389 e. The van der Waals surface area contributed by atoms with Crippen LogP contribution >= 0.6 is 31.9 Å². The maximum Gasteiger partial charge on any atom is 0.0891 e. The van der Waals surface area contributed by atoms with E-state index in [0.29, 0.717) is 13.1 Å². The summed E-state index contributed by atoms with van der Waals surface area (Å²) in [4.78, 5) is 0. The molecule has 4 aromatic rings. The van der Waals surface area contributed by atoms with Crippen LogP contribution in [0.3, 0.4) is 0 Å². The molecule has 0 aliphatic carbocycles. The molecule has 0 saturated carbocycles. The van der Waals surface area contributed by atoms with Crippen molar-refractivity contribution in [3.05, 3.63) is 75.2 Å². The van der Waals surface area contributed by atoms with Crippen molar-refractivity contribution in [2.24, 2.45) is 0 Å². The third-order valence-corrected chi connectivity index (χ3v) is 5.73. The zero-order valence-electron chi connectivity index (χ0n) is 14.9. The molecule has 1 unspecified atom stereocenters. The topological polar surface area (TPSA) is 37.2 Å². The average molecular weight is 488 g/mol. The number of benzene rings is 3. The summed E-state index contributed by atoms with van der Waals surface area (Å²) in [5.41, 5.74) is 4.49. The Labute approximate surface area is 175 Å². The van der Waals surface area contributed by atoms with Crippen LogP contribution in [0.15, 0.2) is 69.6 Å². The molecule has 0 bridgehead atoms. The number of nitrogens with zero attached hydrogens (tertiary/aromatic N) is 1. The molecule has 1 aromatic heterocycles. The third kappa shape index (κ3) is 3.91. The standard InChI is InChI=1S/C22H20Br2N2O/c1-14-3-2-4-17(9-14)25-12-18(27)13-26-21-7-5-15(23)10-19(21)20-11-16(24)6-8-22(20)26/h2-11,18,25,27H,12-13H2,1H3. The van der Waals surface area contributed by atoms with Gasteiger partial charge >= 0.3 is 0 Å². The molecule has 5 heteroatoms. The summed E-state index contributed by atoms with van der Waals surface area (Å²) >= 11 is 7.15. The quantitative estimate of drug-likeness (QED) is 0.356. The number of rotatable bonds is 5. The number of hydrogen-bond acceptors (Lipinski definition) is 2. The van der Waals surface area contributed by atoms with Gasteiger partial charge in [0.1, 0.15) is 0 Å². The molecule has 0 saturated heterocycles. The first-order valence-corrected chi connectivity index (χ1v) is 10.5. The predicted molar refractivity (Wildman–Crippen MR) is 121 cm³/mol. The van der Waals surface area contributed by atoms with Gasteiger partial charge in [0, 0.05) is 43.0 Å². The Morgan fingerprint density at radius 3 is 2.15 bits per heavy atom. The monoisotopic (exact) mass is 486 g/mol. The van der Waals surface area contributed by atoms with Crippen LogP contribution in [0.5, 0.6) is 0 Å². The van der Waals surface area contributed by atoms with E-state index < -0.39 is 6.10 Å². The molecule has 0 spiro atoms. The molecule has 2 N–H and O–H groups in total. The summed E-state index contributed by atoms with van der Waals surface area (Å²) in [6, 6.07) is 20.8. The lowest BCUT2D eigenvalue weighted by atomic mass is 10.2. The normalized spacial score (nSPS) is 12.6. The Balaban J connectivity index is 1.64. The first kappa shape index (κ1) is 18.5. The van der Waals surface area contributed by atoms with Crippen LogP contribution in [-0.4, -0.2) is 22.3 Å². The van der Waals surface area contributed by atoms with Gasteiger partial charge in [-0.1, -0.05) is 44.0 Å². The molecule has 0 aliphatic rings. The van der Waals surface area contributed by atoms with Crippen LogP contribution in [0.2, 0.25) is 0 Å². The van der Waals surface area contributed by atoms with E-state index in [1.54, 1.807) is 0 Å². The lowest BCUT2D eigenvalue weighted by Crippen LogP contribution is -2.24. The van der Waals surface area contributed by atoms with Gasteiger partial charge in [-0.15, -0.1) is 0 Å². The highest BCUT2D eigenvalue weighted by molar-refractivity contribution is 9.10. The van der Waals surface area contributed by atoms with Crippen LogP contribution in [0, 0.1) is 6.92 Å². The maximum absolute atomic E-state index is 10.7. The second-order valence-corrected chi connectivity index (χ2v) is 8.67. The van der Waals surface area contributed by atoms with E-state index in [2.05, 4.69) is 85.1 Å². The van der Waals surface area contributed by atoms with Gasteiger partial charge in [-0.2, -0.15) is 0 Å². The van der Waals surface area contributed by atoms with Crippen LogP contribution in [0.1, 0.15) is 5.56 Å². The molecule has 0 radical (unpaired) electrons. The average Bonchev–Trinajstić information content (AvgIpc) is 2.92. The summed E-state index contributed by atoms with van der Waals surface area (Å²) in [6.07, 6.45) is -0.503. The summed E-state index contributed by atoms with van der Waals surface area (Å²) in [5.74, 6) is 0. The second-order valence-electron chi connectivity index (χ2n) is 6.84. The van der Waals surface area contributed by atoms with Crippen molar-refractivity contribution in [3.63, 3.8) is 0 Å². The summed E-state index contributed by atoms with van der Waals surface area (Å²) < 4.78 is 4.30. The lowest BCUT2D eigenvalue weighted by molar-refractivity contribution is 0.169. The smallest absolute Gasteiger partial charge is 0.0891 e. The summed E-state index contributed by atoms with van der Waals surface area (Å²) in [7, 11) is 0. The molecule has 0 amide bonds. The Hall–Kier alpha value is -1.82. The highest BCUT2D eigenvalue weighted by Crippen LogP contribution is 2.33. The molecular weight excluding hydrogens is 468 g/mol. The van der Waals surface area contributed by atoms with Gasteiger partial charge in [0.25, 0.3) is 0 Å². The zero-order chi connectivity index (χ0) is 19.0. The molecule has 3 aromatic carbocycles. The van der Waals surface area contributed by atoms with Crippen molar-refractivity contribution < 1.29 is 5.11 Å². The van der Waals surface area contributed by atoms with Gasteiger partial charge in [-0.05, 0) is 61.0 Å². The largest absolute Gasteiger partial charge is 0.389 e. The van der Waals surface area contributed by atoms with E-state index in [-0.39, 0.29) is 0 Å². The van der Waals surface area contributed by atoms with Crippen molar-refractivity contribution in [2.75, 3.05) is 11.9 Å². The fraction of sp³-hybridized carbons (Fsp3) is 0.182. The van der Waals surface area contributed by atoms with E-state index in [4.69, 9.17) is 0 Å². The van der Waals surface area contributed by atoms with Gasteiger partial charge in [0.05, 0.1) is 12.6 Å². The SMILES string of the molecule is Cc1cccc(NCC(O)Cn2c3ccc(Br)cc3c3cc(Br)ccc32)c1. The molecule has 138 valence electrons. The lowest BCUT2D eigenvalue weighted by Gasteiger charge is -2.16. The van der Waals surface area contributed by atoms with Crippen LogP contribution in [0.4, 0.5) is 5.69 Å². The molecule has 1 heterocycles. The Morgan fingerprint density at radius 1 is 0.926 bits per heavy atom. The third-order valence-electron chi connectivity index (χ3n) is 4.74. The number of hydrogen-bond donors (Lipinski definition) is 2. The molecule has 4 rings (SSSR count). The second kappa shape index (κ2) is 7.66. The number of halogens is 2. The Morgan fingerprint density at radius 2 is 1.56 bits per heavy atom. The number of anilines is 1. The van der Waals surface area contributed by atoms with Crippen molar-refractivity contribution >= 4 is 59.4 Å². The van der Waals surface area contributed by atoms with Crippen molar-refractivity contribution in [3.8, 4) is 0 Å². The minimum atomic E-state index is -0.503. The van der Waals surface area contributed by atoms with Gasteiger partial charge in [0.15, 0.2) is 0 Å². The zero-order valence-corrected chi connectivity index (χ0v) is 18.1. The predicted octanol–water partition coefficient (Wildman–Crippen LogP) is 6.10. The molecule has 3 nitrogen and oxygen atoms in total. The number of aliphatic hydroxyl groups excluding tert-OH is 1. The number of fused-ring (bicyclic) bond motifs is 3. The maximum atomic E-state index is 10.7. The van der Waals surface area contributed by atoms with Crippen molar-refractivity contribution in [2.45, 2.75) is 19.6 Å². The van der Waals surface area contributed by atoms with E-state index in [1.165, 1.54) is 16.3 Å². The first-order chi connectivity index (χ1) is 13.0. The first-order valence-electron chi connectivity index (χ1n) is 8.87. The summed E-state index contributed by atoms with van der Waals surface area (Å²) in [5, 5.41) is 16.4. The van der Waals surface area contributed by atoms with Crippen LogP contribution in [-0.2, 0) is 6.54 Å². The van der Waals surface area contributed by atoms with E-state index >= 15 is 0 Å². The van der Waals surface area contributed by atoms with Gasteiger partial charge in [-0.25, -0.2) is 0 Å². The number of aliphatic hydroxyl groups is 1. The Bertz CT molecular complexity index is 1060. The van der Waals surface area contributed by atoms with Crippen molar-refractivity contribution in [1.29, 1.82) is 0 Å². The van der Waals surface area contributed by atoms with Crippen LogP contribution < -0.4 is 5.32 Å². The molecule has 0 aliphatic heterocycles. The van der Waals surface area contributed by atoms with Crippen LogP contribution in [0.25, 0.3) is 21.8 Å². The molecule has 0 fully saturated rings. The highest BCUT2D eigenvalue weighted by Gasteiger charge is 2.14. The fourth-order valence-corrected chi connectivity index (χ4v) is 4.23. The molecule has 27 heavy (non-hydrogen) atoms. The number of aromatic nitrogens is 1. The summed E-state index contributed by atoms with van der Waals surface area (Å²) in [6.45, 7) is 3.09. The molecular formula is C22H20Br2N2O. The van der Waals surface area contributed by atoms with Crippen molar-refractivity contribution in [1.82, 2.24) is 4.57 Å². The van der Waals surface area contributed by atoms with Gasteiger partial charge in [-0.3, -0.25) is 0 Å². The number of nitrogens with one attached hydrogen (secondary N) is 1. The molecule has 1 atom stereocenters. The van der Waals surface area contributed by atoms with E-state index in [1.807, 2.05) is 24.3 Å². The number of aryl methyl sites for hydroxylation is 1. The van der Waals surface area contributed by atoms with E-state index in [9.17, 15) is 5.11 Å².